The molecule has 31 heteroatoms. The minimum Gasteiger partial charge on any atom is -0.412 e. The first kappa shape index (κ1) is 45.8. The molecule has 0 bridgehead atoms. The summed E-state index contributed by atoms with van der Waals surface area (Å²) in [5.41, 5.74) is 0. The largest absolute Gasteiger partial charge is 2.00 e. The molecule has 0 amide bonds. The Bertz CT molecular complexity index is 809. The predicted molar refractivity (Wildman–Crippen MR) is 86.0 cm³/mol. The molecule has 28 nitrogen and oxygen atoms in total. The van der Waals surface area contributed by atoms with Crippen LogP contribution in [0, 0.1) is 20.5 Å². The van der Waals surface area contributed by atoms with Crippen LogP contribution in [-0.2, 0) is 42.8 Å². The number of aryl methyl sites for hydroxylation is 4. The number of hydrogen-bond acceptors (Lipinski definition) is 20. The van der Waals surface area contributed by atoms with Crippen molar-refractivity contribution >= 4 is 0 Å². The Morgan fingerprint density at radius 1 is 0.410 bits per heavy atom. The first-order valence-corrected chi connectivity index (χ1v) is 10.5. The number of halogens is 2. The van der Waals surface area contributed by atoms with E-state index in [0.717, 1.165) is 23.3 Å². The summed E-state index contributed by atoms with van der Waals surface area (Å²) < 4.78 is 67.9. The summed E-state index contributed by atoms with van der Waals surface area (Å²) in [4.78, 5) is 0. The average molecular weight is 667 g/mol. The third kappa shape index (κ3) is 31.0. The maximum atomic E-state index is 8.49. The van der Waals surface area contributed by atoms with Crippen molar-refractivity contribution in [2.24, 2.45) is 0 Å². The smallest absolute Gasteiger partial charge is 0.412 e. The van der Waals surface area contributed by atoms with Crippen molar-refractivity contribution in [3.8, 4) is 0 Å². The zero-order chi connectivity index (χ0) is 25.5. The van der Waals surface area contributed by atoms with Crippen LogP contribution < -0.4 is 37.3 Å². The van der Waals surface area contributed by atoms with Gasteiger partial charge in [-0.05, 0) is 41.7 Å². The van der Waals surface area contributed by atoms with E-state index in [2.05, 4.69) is 82.5 Å². The Morgan fingerprint density at radius 2 is 0.564 bits per heavy atom. The molecule has 0 fully saturated rings. The molecule has 39 heavy (non-hydrogen) atoms. The Kier molecular flexibility index (Phi) is 28.2. The van der Waals surface area contributed by atoms with E-state index in [-0.39, 0.29) is 39.0 Å². The molecule has 0 saturated heterocycles. The molecule has 4 rings (SSSR count). The maximum Gasteiger partial charge on any atom is 2.00 e. The van der Waals surface area contributed by atoms with Gasteiger partial charge in [0.25, 0.3) is 0 Å². The second kappa shape index (κ2) is 24.0. The van der Waals surface area contributed by atoms with Gasteiger partial charge in [0.05, 0.1) is 0 Å². The Labute approximate surface area is 228 Å². The van der Waals surface area contributed by atoms with E-state index in [1.54, 1.807) is 0 Å². The summed E-state index contributed by atoms with van der Waals surface area (Å²) in [6.07, 6.45) is 2.79. The second-order valence-electron chi connectivity index (χ2n) is 5.15. The molecule has 0 aliphatic rings. The summed E-state index contributed by atoms with van der Waals surface area (Å²) in [5.74, 6) is 2.91. The number of aromatic nitrogens is 16. The number of rotatable bonds is 6. The van der Waals surface area contributed by atoms with Crippen LogP contribution in [0.3, 0.4) is 0 Å². The van der Waals surface area contributed by atoms with Crippen molar-refractivity contribution in [1.82, 2.24) is 82.5 Å². The van der Waals surface area contributed by atoms with E-state index in [1.807, 2.05) is 0 Å². The van der Waals surface area contributed by atoms with Crippen molar-refractivity contribution < 1.29 is 96.7 Å². The van der Waals surface area contributed by atoms with Crippen LogP contribution in [-0.4, -0.2) is 104 Å². The molecule has 229 valence electrons. The summed E-state index contributed by atoms with van der Waals surface area (Å²) in [6.45, 7) is 0. The summed E-state index contributed by atoms with van der Waals surface area (Å²) in [5, 5.41) is 53.0. The molecule has 0 spiro atoms. The van der Waals surface area contributed by atoms with Gasteiger partial charge in [-0.1, -0.05) is 0 Å². The molecular formula is C8H20Cl2CuN16O12. The molecule has 0 atom stereocenters. The molecule has 0 aromatic carbocycles. The van der Waals surface area contributed by atoms with E-state index in [4.69, 9.17) is 37.3 Å². The van der Waals surface area contributed by atoms with Crippen LogP contribution in [0.1, 0.15) is 23.3 Å². The number of tetrazole rings is 4. The van der Waals surface area contributed by atoms with Crippen molar-refractivity contribution in [1.29, 1.82) is 0 Å². The van der Waals surface area contributed by atoms with Crippen LogP contribution in [0.4, 0.5) is 0 Å². The van der Waals surface area contributed by atoms with Crippen molar-refractivity contribution in [3.05, 3.63) is 23.3 Å². The number of nitrogens with zero attached hydrogens (tertiary/aromatic N) is 12. The van der Waals surface area contributed by atoms with E-state index in [9.17, 15) is 0 Å². The molecule has 4 aromatic heterocycles. The van der Waals surface area contributed by atoms with Gasteiger partial charge < -0.3 is 21.9 Å². The van der Waals surface area contributed by atoms with Crippen LogP contribution in [0.15, 0.2) is 0 Å². The number of nitrogens with one attached hydrogen (secondary N) is 4. The van der Waals surface area contributed by atoms with Gasteiger partial charge in [-0.15, -0.1) is 40.9 Å². The molecule has 0 unspecified atom stereocenters. The van der Waals surface area contributed by atoms with Gasteiger partial charge in [-0.25, -0.2) is 57.7 Å². The number of hydrogen-bond donors (Lipinski definition) is 4. The molecule has 0 saturated carbocycles. The Balaban J connectivity index is -0.000000136. The van der Waals surface area contributed by atoms with Gasteiger partial charge in [-0.2, -0.15) is 0 Å². The molecule has 1 radical (unpaired) electrons. The zero-order valence-corrected chi connectivity index (χ0v) is 21.0. The molecular weight excluding hydrogens is 647 g/mol. The SMILES string of the molecule is C(Cc1nnn[nH]1)c1nnn[nH]1.C(Cc1nnn[nH]1)c1nnn[nH]1.O.O.O.O.[Cu+2].[O-][Cl+3]([O-])([O-])[O-].[O-][Cl+3]([O-])([O-])[O-]. The molecule has 12 N–H and O–H groups in total. The fourth-order valence-electron chi connectivity index (χ4n) is 1.61. The fourth-order valence-corrected chi connectivity index (χ4v) is 1.61. The van der Waals surface area contributed by atoms with Crippen molar-refractivity contribution in [2.45, 2.75) is 25.7 Å². The van der Waals surface area contributed by atoms with Gasteiger partial charge in [0, 0.05) is 25.7 Å². The van der Waals surface area contributed by atoms with Crippen LogP contribution in [0.5, 0.6) is 0 Å². The zero-order valence-electron chi connectivity index (χ0n) is 18.5. The van der Waals surface area contributed by atoms with Crippen molar-refractivity contribution in [3.63, 3.8) is 0 Å². The third-order valence-corrected chi connectivity index (χ3v) is 2.75. The van der Waals surface area contributed by atoms with Gasteiger partial charge >= 0.3 is 17.1 Å². The van der Waals surface area contributed by atoms with Gasteiger partial charge in [0.2, 0.25) is 0 Å². The average Bonchev–Trinajstić information content (AvgIpc) is 3.53. The van der Waals surface area contributed by atoms with E-state index >= 15 is 0 Å². The van der Waals surface area contributed by atoms with Gasteiger partial charge in [0.15, 0.2) is 0 Å². The van der Waals surface area contributed by atoms with Crippen LogP contribution in [0.2, 0.25) is 0 Å². The van der Waals surface area contributed by atoms with Crippen molar-refractivity contribution in [2.75, 3.05) is 0 Å². The third-order valence-electron chi connectivity index (χ3n) is 2.75. The van der Waals surface area contributed by atoms with E-state index in [1.165, 1.54) is 0 Å². The van der Waals surface area contributed by atoms with Crippen LogP contribution in [0.25, 0.3) is 0 Å². The fraction of sp³-hybridized carbons (Fsp3) is 0.500. The first-order valence-electron chi connectivity index (χ1n) is 8.04. The summed E-state index contributed by atoms with van der Waals surface area (Å²) in [6, 6.07) is 0. The predicted octanol–water partition coefficient (Wildman–Crippen LogP) is -15.8. The monoisotopic (exact) mass is 665 g/mol. The van der Waals surface area contributed by atoms with E-state index in [0.29, 0.717) is 25.7 Å². The Hall–Kier alpha value is -3.10. The molecule has 0 aliphatic carbocycles. The standard InChI is InChI=1S/2C4H6N8.2ClHO4.Cu.4H2O/c2*1(3-5-9-10-6-3)2-4-7-11-12-8-4;2*2-1(3,4)5;;;;;/h2*1-2H2,(H,5,6,9,10)(H,7,8,11,12);2*(H,2,3,4,5);;4*1H2/q;;;;+2;;;;/p-2. The number of aromatic amines is 4. The summed E-state index contributed by atoms with van der Waals surface area (Å²) in [7, 11) is -9.89. The Morgan fingerprint density at radius 3 is 0.667 bits per heavy atom. The molecule has 4 heterocycles. The minimum atomic E-state index is -4.94. The molecule has 4 aromatic rings. The molecule has 0 aliphatic heterocycles. The maximum absolute atomic E-state index is 8.49. The quantitative estimate of drug-likeness (QED) is 0.139. The summed E-state index contributed by atoms with van der Waals surface area (Å²) >= 11 is 0. The first-order chi connectivity index (χ1) is 15.9. The van der Waals surface area contributed by atoms with Gasteiger partial charge in [-0.3, -0.25) is 0 Å². The second-order valence-corrected chi connectivity index (χ2v) is 6.66. The van der Waals surface area contributed by atoms with Crippen LogP contribution >= 0.6 is 0 Å². The minimum absolute atomic E-state index is 0. The number of H-pyrrole nitrogens is 4. The normalized spacial score (nSPS) is 9.44. The van der Waals surface area contributed by atoms with E-state index < -0.39 is 20.5 Å². The van der Waals surface area contributed by atoms with Gasteiger partial charge in [0.1, 0.15) is 23.3 Å². The topological polar surface area (TPSA) is 528 Å².